The van der Waals surface area contributed by atoms with Crippen molar-refractivity contribution in [1.29, 1.82) is 0 Å². The second-order valence-corrected chi connectivity index (χ2v) is 11.2. The summed E-state index contributed by atoms with van der Waals surface area (Å²) in [6.07, 6.45) is 0. The molecule has 0 fully saturated rings. The molecular weight excluding hydrogens is 362 g/mol. The Hall–Kier alpha value is -2.54. The Morgan fingerprint density at radius 1 is 0.667 bits per heavy atom. The molecule has 1 heteroatoms. The van der Waals surface area contributed by atoms with Gasteiger partial charge in [0, 0.05) is 22.3 Å². The van der Waals surface area contributed by atoms with Crippen LogP contribution in [0.5, 0.6) is 0 Å². The zero-order chi connectivity index (χ0) is 21.9. The van der Waals surface area contributed by atoms with Crippen LogP contribution in [-0.4, -0.2) is 5.54 Å². The van der Waals surface area contributed by atoms with Gasteiger partial charge in [0.25, 0.3) is 0 Å². The van der Waals surface area contributed by atoms with Crippen LogP contribution in [0.25, 0.3) is 11.1 Å². The van der Waals surface area contributed by atoms with E-state index in [1.165, 1.54) is 39.2 Å². The molecule has 1 aliphatic carbocycles. The third-order valence-corrected chi connectivity index (χ3v) is 6.46. The van der Waals surface area contributed by atoms with Crippen molar-refractivity contribution in [3.63, 3.8) is 0 Å². The molecule has 0 heterocycles. The third-order valence-electron chi connectivity index (χ3n) is 6.46. The summed E-state index contributed by atoms with van der Waals surface area (Å²) in [6, 6.07) is 24.8. The molecule has 3 aromatic carbocycles. The standard InChI is InChI=1S/C29H35N/c1-27(2,3)20-16-18-21(19-17-20)30(28(4,5)6)25-15-11-13-23-22-12-9-10-14-24(22)29(7,8)26(23)25/h9-19H,1-8H3. The Morgan fingerprint density at radius 3 is 1.87 bits per heavy atom. The van der Waals surface area contributed by atoms with Crippen LogP contribution in [0.1, 0.15) is 72.1 Å². The fourth-order valence-electron chi connectivity index (χ4n) is 5.00. The Bertz CT molecular complexity index is 1070. The lowest BCUT2D eigenvalue weighted by atomic mass is 9.80. The highest BCUT2D eigenvalue weighted by Crippen LogP contribution is 2.53. The van der Waals surface area contributed by atoms with Crippen molar-refractivity contribution in [3.8, 4) is 11.1 Å². The largest absolute Gasteiger partial charge is 0.336 e. The Morgan fingerprint density at radius 2 is 1.27 bits per heavy atom. The van der Waals surface area contributed by atoms with Gasteiger partial charge < -0.3 is 4.90 Å². The van der Waals surface area contributed by atoms with E-state index >= 15 is 0 Å². The lowest BCUT2D eigenvalue weighted by molar-refractivity contribution is 0.552. The van der Waals surface area contributed by atoms with Crippen LogP contribution in [0.3, 0.4) is 0 Å². The SMILES string of the molecule is CC(C)(C)c1ccc(N(c2cccc3c2C(C)(C)c2ccccc2-3)C(C)(C)C)cc1. The lowest BCUT2D eigenvalue weighted by Crippen LogP contribution is -2.39. The van der Waals surface area contributed by atoms with Gasteiger partial charge in [0.1, 0.15) is 0 Å². The summed E-state index contributed by atoms with van der Waals surface area (Å²) >= 11 is 0. The molecule has 3 aromatic rings. The highest BCUT2D eigenvalue weighted by atomic mass is 15.2. The molecule has 0 saturated carbocycles. The van der Waals surface area contributed by atoms with Gasteiger partial charge in [0.05, 0.1) is 0 Å². The number of hydrogen-bond donors (Lipinski definition) is 0. The molecule has 0 N–H and O–H groups in total. The molecule has 0 atom stereocenters. The quantitative estimate of drug-likeness (QED) is 0.421. The smallest absolute Gasteiger partial charge is 0.0463 e. The maximum Gasteiger partial charge on any atom is 0.0463 e. The average molecular weight is 398 g/mol. The van der Waals surface area contributed by atoms with Crippen molar-refractivity contribution >= 4 is 11.4 Å². The van der Waals surface area contributed by atoms with Crippen LogP contribution in [0, 0.1) is 0 Å². The van der Waals surface area contributed by atoms with Gasteiger partial charge in [-0.3, -0.25) is 0 Å². The molecule has 1 nitrogen and oxygen atoms in total. The maximum absolute atomic E-state index is 2.52. The highest BCUT2D eigenvalue weighted by Gasteiger charge is 2.39. The van der Waals surface area contributed by atoms with Crippen LogP contribution in [0.15, 0.2) is 66.7 Å². The molecule has 0 aliphatic heterocycles. The monoisotopic (exact) mass is 397 g/mol. The Labute approximate surface area is 182 Å². The van der Waals surface area contributed by atoms with Crippen LogP contribution in [0.4, 0.5) is 11.4 Å². The van der Waals surface area contributed by atoms with Crippen molar-refractivity contribution in [3.05, 3.63) is 83.4 Å². The van der Waals surface area contributed by atoms with E-state index in [1.807, 2.05) is 0 Å². The van der Waals surface area contributed by atoms with E-state index in [0.29, 0.717) is 0 Å². The highest BCUT2D eigenvalue weighted by molar-refractivity contribution is 5.88. The van der Waals surface area contributed by atoms with Crippen LogP contribution in [-0.2, 0) is 10.8 Å². The molecular formula is C29H35N. The minimum Gasteiger partial charge on any atom is -0.336 e. The van der Waals surface area contributed by atoms with E-state index in [-0.39, 0.29) is 16.4 Å². The van der Waals surface area contributed by atoms with Crippen LogP contribution in [0.2, 0.25) is 0 Å². The van der Waals surface area contributed by atoms with Gasteiger partial charge in [-0.05, 0) is 72.2 Å². The number of fused-ring (bicyclic) bond motifs is 3. The molecule has 0 bridgehead atoms. The van der Waals surface area contributed by atoms with Crippen molar-refractivity contribution in [2.45, 2.75) is 71.8 Å². The van der Waals surface area contributed by atoms with Crippen LogP contribution >= 0.6 is 0 Å². The summed E-state index contributed by atoms with van der Waals surface area (Å²) in [4.78, 5) is 2.52. The molecule has 4 rings (SSSR count). The van der Waals surface area contributed by atoms with Gasteiger partial charge in [-0.2, -0.15) is 0 Å². The van der Waals surface area contributed by atoms with E-state index in [0.717, 1.165) is 0 Å². The molecule has 156 valence electrons. The number of benzene rings is 3. The topological polar surface area (TPSA) is 3.24 Å². The van der Waals surface area contributed by atoms with Crippen molar-refractivity contribution in [2.75, 3.05) is 4.90 Å². The predicted octanol–water partition coefficient (Wildman–Crippen LogP) is 8.23. The van der Waals surface area contributed by atoms with Gasteiger partial charge in [-0.25, -0.2) is 0 Å². The zero-order valence-corrected chi connectivity index (χ0v) is 19.8. The summed E-state index contributed by atoms with van der Waals surface area (Å²) in [5.41, 5.74) is 9.59. The molecule has 0 unspecified atom stereocenters. The van der Waals surface area contributed by atoms with E-state index in [9.17, 15) is 0 Å². The van der Waals surface area contributed by atoms with Crippen molar-refractivity contribution < 1.29 is 0 Å². The van der Waals surface area contributed by atoms with E-state index in [1.54, 1.807) is 0 Å². The molecule has 0 radical (unpaired) electrons. The predicted molar refractivity (Wildman–Crippen MR) is 131 cm³/mol. The second kappa shape index (κ2) is 6.74. The Kier molecular flexibility index (Phi) is 4.65. The fraction of sp³-hybridized carbons (Fsp3) is 0.379. The summed E-state index contributed by atoms with van der Waals surface area (Å²) < 4.78 is 0. The molecule has 0 saturated heterocycles. The molecule has 0 amide bonds. The number of rotatable bonds is 2. The molecule has 1 aliphatic rings. The first-order valence-corrected chi connectivity index (χ1v) is 11.1. The van der Waals surface area contributed by atoms with Crippen molar-refractivity contribution in [1.82, 2.24) is 0 Å². The normalized spacial score (nSPS) is 14.9. The van der Waals surface area contributed by atoms with Gasteiger partial charge >= 0.3 is 0 Å². The molecule has 30 heavy (non-hydrogen) atoms. The van der Waals surface area contributed by atoms with Gasteiger partial charge in [-0.1, -0.05) is 83.1 Å². The summed E-state index contributed by atoms with van der Waals surface area (Å²) in [5, 5.41) is 0. The number of hydrogen-bond acceptors (Lipinski definition) is 1. The fourth-order valence-corrected chi connectivity index (χ4v) is 5.00. The minimum absolute atomic E-state index is 0.0304. The van der Waals surface area contributed by atoms with Crippen LogP contribution < -0.4 is 4.90 Å². The van der Waals surface area contributed by atoms with E-state index in [2.05, 4.69) is 127 Å². The number of nitrogens with zero attached hydrogens (tertiary/aromatic N) is 1. The maximum atomic E-state index is 2.52. The van der Waals surface area contributed by atoms with Crippen molar-refractivity contribution in [2.24, 2.45) is 0 Å². The minimum atomic E-state index is -0.0524. The summed E-state index contributed by atoms with van der Waals surface area (Å²) in [6.45, 7) is 18.5. The average Bonchev–Trinajstić information content (AvgIpc) is 2.89. The molecule has 0 aromatic heterocycles. The number of anilines is 2. The third kappa shape index (κ3) is 3.25. The van der Waals surface area contributed by atoms with Gasteiger partial charge in [0.15, 0.2) is 0 Å². The second-order valence-electron chi connectivity index (χ2n) is 11.2. The zero-order valence-electron chi connectivity index (χ0n) is 19.8. The molecule has 0 spiro atoms. The first-order chi connectivity index (χ1) is 13.9. The first kappa shape index (κ1) is 20.7. The van der Waals surface area contributed by atoms with Gasteiger partial charge in [0.2, 0.25) is 0 Å². The summed E-state index contributed by atoms with van der Waals surface area (Å²) in [5.74, 6) is 0. The summed E-state index contributed by atoms with van der Waals surface area (Å²) in [7, 11) is 0. The first-order valence-electron chi connectivity index (χ1n) is 11.1. The van der Waals surface area contributed by atoms with E-state index in [4.69, 9.17) is 0 Å². The van der Waals surface area contributed by atoms with Gasteiger partial charge in [-0.15, -0.1) is 0 Å². The Balaban J connectivity index is 1.92. The lowest BCUT2D eigenvalue weighted by Gasteiger charge is -2.41. The van der Waals surface area contributed by atoms with E-state index < -0.39 is 0 Å².